The number of likely N-dealkylation sites (tertiary alicyclic amines) is 2. The average Bonchev–Trinajstić information content (AvgIpc) is 2.84. The van der Waals surface area contributed by atoms with Gasteiger partial charge in [0.05, 0.1) is 12.2 Å². The number of hydrogen-bond acceptors (Lipinski definition) is 7. The fourth-order valence-corrected chi connectivity index (χ4v) is 7.53. The summed E-state index contributed by atoms with van der Waals surface area (Å²) in [6, 6.07) is 4.21. The molecule has 2 heterocycles. The van der Waals surface area contributed by atoms with Crippen molar-refractivity contribution in [3.05, 3.63) is 28.8 Å². The van der Waals surface area contributed by atoms with Crippen LogP contribution in [0.2, 0.25) is 0 Å². The number of benzene rings is 1. The van der Waals surface area contributed by atoms with Crippen molar-refractivity contribution in [3.8, 4) is 5.75 Å². The lowest BCUT2D eigenvalue weighted by atomic mass is 9.78. The standard InChI is InChI=1S/C38H68N2O5/c1-33(2,3)29-17-26(18-30(32(29)41)34(4,5)6)19-31(44-24-42-27-20-35(7,8)39(15)36(9,10)21-27)45-25-43-28-22-37(11,12)40(16)38(13,14)23-28/h17-18,27-28,31,41H,19-25H2,1-16H3. The molecule has 0 spiro atoms. The summed E-state index contributed by atoms with van der Waals surface area (Å²) in [7, 11) is 4.41. The van der Waals surface area contributed by atoms with E-state index in [1.807, 2.05) is 0 Å². The van der Waals surface area contributed by atoms with E-state index in [0.29, 0.717) is 12.2 Å². The lowest BCUT2D eigenvalue weighted by Gasteiger charge is -2.53. The number of phenols is 1. The summed E-state index contributed by atoms with van der Waals surface area (Å²) in [4.78, 5) is 4.92. The molecule has 1 aromatic rings. The highest BCUT2D eigenvalue weighted by Gasteiger charge is 2.44. The summed E-state index contributed by atoms with van der Waals surface area (Å²) in [5.41, 5.74) is 2.63. The third-order valence-electron chi connectivity index (χ3n) is 10.8. The van der Waals surface area contributed by atoms with Crippen LogP contribution < -0.4 is 0 Å². The van der Waals surface area contributed by atoms with Crippen molar-refractivity contribution in [3.63, 3.8) is 0 Å². The molecule has 260 valence electrons. The normalized spacial score (nSPS) is 23.1. The van der Waals surface area contributed by atoms with Gasteiger partial charge in [0.15, 0.2) is 6.29 Å². The molecule has 2 saturated heterocycles. The van der Waals surface area contributed by atoms with Gasteiger partial charge in [0.2, 0.25) is 0 Å². The maximum Gasteiger partial charge on any atom is 0.167 e. The predicted octanol–water partition coefficient (Wildman–Crippen LogP) is 8.14. The van der Waals surface area contributed by atoms with E-state index in [1.165, 1.54) is 0 Å². The maximum atomic E-state index is 11.3. The van der Waals surface area contributed by atoms with Gasteiger partial charge >= 0.3 is 0 Å². The van der Waals surface area contributed by atoms with Crippen LogP contribution in [0.5, 0.6) is 5.75 Å². The number of rotatable bonds is 10. The van der Waals surface area contributed by atoms with Crippen LogP contribution in [0.4, 0.5) is 0 Å². The Hall–Kier alpha value is -1.22. The molecular weight excluding hydrogens is 564 g/mol. The Morgan fingerprint density at radius 3 is 1.27 bits per heavy atom. The number of nitrogens with zero attached hydrogens (tertiary/aromatic N) is 2. The average molecular weight is 633 g/mol. The molecule has 7 heteroatoms. The zero-order valence-electron chi connectivity index (χ0n) is 31.8. The Bertz CT molecular complexity index is 1020. The third-order valence-corrected chi connectivity index (χ3v) is 10.8. The minimum atomic E-state index is -0.560. The first-order valence-corrected chi connectivity index (χ1v) is 17.1. The fraction of sp³-hybridized carbons (Fsp3) is 0.842. The molecule has 0 aliphatic carbocycles. The molecule has 0 unspecified atom stereocenters. The zero-order valence-corrected chi connectivity index (χ0v) is 31.8. The van der Waals surface area contributed by atoms with E-state index in [0.717, 1.165) is 42.4 Å². The van der Waals surface area contributed by atoms with Gasteiger partial charge in [0, 0.05) is 28.6 Å². The van der Waals surface area contributed by atoms with E-state index in [2.05, 4.69) is 133 Å². The van der Waals surface area contributed by atoms with Crippen LogP contribution in [-0.2, 0) is 36.2 Å². The number of hydrogen-bond donors (Lipinski definition) is 1. The largest absolute Gasteiger partial charge is 0.507 e. The molecule has 0 saturated carbocycles. The summed E-state index contributed by atoms with van der Waals surface area (Å²) in [5, 5.41) is 11.3. The van der Waals surface area contributed by atoms with Gasteiger partial charge in [-0.05, 0) is 123 Å². The monoisotopic (exact) mass is 633 g/mol. The predicted molar refractivity (Wildman–Crippen MR) is 185 cm³/mol. The summed E-state index contributed by atoms with van der Waals surface area (Å²) in [6.45, 7) is 31.4. The van der Waals surface area contributed by atoms with E-state index in [4.69, 9.17) is 18.9 Å². The van der Waals surface area contributed by atoms with Gasteiger partial charge in [-0.15, -0.1) is 0 Å². The summed E-state index contributed by atoms with van der Waals surface area (Å²) in [5.74, 6) is 0.379. The molecule has 1 N–H and O–H groups in total. The molecule has 0 bridgehead atoms. The van der Waals surface area contributed by atoms with Crippen molar-refractivity contribution in [2.24, 2.45) is 0 Å². The van der Waals surface area contributed by atoms with Crippen molar-refractivity contribution in [1.29, 1.82) is 0 Å². The molecule has 0 amide bonds. The second-order valence-electron chi connectivity index (χ2n) is 18.5. The van der Waals surface area contributed by atoms with Crippen molar-refractivity contribution in [2.45, 2.75) is 181 Å². The summed E-state index contributed by atoms with van der Waals surface area (Å²) >= 11 is 0. The minimum Gasteiger partial charge on any atom is -0.507 e. The highest BCUT2D eigenvalue weighted by molar-refractivity contribution is 5.50. The van der Waals surface area contributed by atoms with E-state index in [1.54, 1.807) is 0 Å². The number of ether oxygens (including phenoxy) is 4. The van der Waals surface area contributed by atoms with Crippen LogP contribution in [0.15, 0.2) is 12.1 Å². The Balaban J connectivity index is 1.79. The molecule has 0 aromatic heterocycles. The van der Waals surface area contributed by atoms with Gasteiger partial charge in [-0.1, -0.05) is 53.7 Å². The smallest absolute Gasteiger partial charge is 0.167 e. The van der Waals surface area contributed by atoms with Gasteiger partial charge in [0.25, 0.3) is 0 Å². The number of phenolic OH excluding ortho intramolecular Hbond substituents is 1. The molecule has 0 radical (unpaired) electrons. The van der Waals surface area contributed by atoms with Crippen molar-refractivity contribution in [2.75, 3.05) is 27.7 Å². The van der Waals surface area contributed by atoms with Crippen LogP contribution in [0.25, 0.3) is 0 Å². The first-order chi connectivity index (χ1) is 20.3. The molecule has 45 heavy (non-hydrogen) atoms. The first-order valence-electron chi connectivity index (χ1n) is 17.1. The Labute approximate surface area is 276 Å². The van der Waals surface area contributed by atoms with Crippen LogP contribution >= 0.6 is 0 Å². The van der Waals surface area contributed by atoms with E-state index in [-0.39, 0.29) is 58.8 Å². The molecule has 0 atom stereocenters. The van der Waals surface area contributed by atoms with Crippen LogP contribution in [0.1, 0.15) is 139 Å². The molecule has 3 rings (SSSR count). The lowest BCUT2D eigenvalue weighted by molar-refractivity contribution is -0.252. The molecule has 2 aliphatic heterocycles. The first kappa shape index (κ1) is 38.2. The Kier molecular flexibility index (Phi) is 11.3. The Morgan fingerprint density at radius 2 is 0.978 bits per heavy atom. The fourth-order valence-electron chi connectivity index (χ4n) is 7.53. The topological polar surface area (TPSA) is 63.6 Å². The highest BCUT2D eigenvalue weighted by atomic mass is 16.8. The quantitative estimate of drug-likeness (QED) is 0.261. The van der Waals surface area contributed by atoms with Crippen LogP contribution in [0.3, 0.4) is 0 Å². The van der Waals surface area contributed by atoms with Gasteiger partial charge in [-0.2, -0.15) is 0 Å². The molecular formula is C38H68N2O5. The minimum absolute atomic E-state index is 0.0323. The van der Waals surface area contributed by atoms with Crippen LogP contribution in [-0.4, -0.2) is 83.2 Å². The maximum absolute atomic E-state index is 11.3. The number of piperidine rings is 2. The van der Waals surface area contributed by atoms with Gasteiger partial charge in [0.1, 0.15) is 19.3 Å². The van der Waals surface area contributed by atoms with Crippen molar-refractivity contribution >= 4 is 0 Å². The highest BCUT2D eigenvalue weighted by Crippen LogP contribution is 2.41. The summed E-state index contributed by atoms with van der Waals surface area (Å²) < 4.78 is 25.5. The van der Waals surface area contributed by atoms with Crippen LogP contribution in [0, 0.1) is 0 Å². The second-order valence-corrected chi connectivity index (χ2v) is 18.5. The van der Waals surface area contributed by atoms with E-state index in [9.17, 15) is 5.11 Å². The van der Waals surface area contributed by atoms with Gasteiger partial charge in [-0.3, -0.25) is 9.80 Å². The SMILES string of the molecule is CN1C(C)(C)CC(OCOC(Cc2cc(C(C)(C)C)c(O)c(C(C)(C)C)c2)OCOC2CC(C)(C)N(C)C(C)(C)C2)CC1(C)C. The second kappa shape index (κ2) is 13.4. The lowest BCUT2D eigenvalue weighted by Crippen LogP contribution is -2.60. The van der Waals surface area contributed by atoms with E-state index < -0.39 is 6.29 Å². The molecule has 2 fully saturated rings. The third kappa shape index (κ3) is 9.45. The zero-order chi connectivity index (χ0) is 34.4. The van der Waals surface area contributed by atoms with Gasteiger partial charge < -0.3 is 24.1 Å². The number of aromatic hydroxyl groups is 1. The van der Waals surface area contributed by atoms with Crippen molar-refractivity contribution < 1.29 is 24.1 Å². The Morgan fingerprint density at radius 1 is 0.667 bits per heavy atom. The summed E-state index contributed by atoms with van der Waals surface area (Å²) in [6.07, 6.45) is 3.91. The molecule has 2 aliphatic rings. The molecule has 7 nitrogen and oxygen atoms in total. The van der Waals surface area contributed by atoms with Gasteiger partial charge in [-0.25, -0.2) is 0 Å². The van der Waals surface area contributed by atoms with E-state index >= 15 is 0 Å². The van der Waals surface area contributed by atoms with Crippen molar-refractivity contribution in [1.82, 2.24) is 9.80 Å². The molecule has 1 aromatic carbocycles.